The van der Waals surface area contributed by atoms with Crippen LogP contribution in [0.2, 0.25) is 0 Å². The van der Waals surface area contributed by atoms with E-state index < -0.39 is 22.5 Å². The second-order valence-corrected chi connectivity index (χ2v) is 9.65. The van der Waals surface area contributed by atoms with Gasteiger partial charge in [-0.2, -0.15) is 5.10 Å². The Morgan fingerprint density at radius 2 is 1.61 bits per heavy atom. The van der Waals surface area contributed by atoms with E-state index in [1.54, 1.807) is 30.3 Å². The van der Waals surface area contributed by atoms with Crippen LogP contribution in [0.25, 0.3) is 0 Å². The molecule has 12 heteroatoms. The van der Waals surface area contributed by atoms with Crippen molar-refractivity contribution in [2.75, 3.05) is 37.5 Å². The van der Waals surface area contributed by atoms with Gasteiger partial charge in [0.25, 0.3) is 15.9 Å². The molecular formula is C26H28N4O7S. The number of ether oxygens (including phenoxy) is 3. The predicted molar refractivity (Wildman–Crippen MR) is 144 cm³/mol. The first kappa shape index (κ1) is 28.0. The van der Waals surface area contributed by atoms with Crippen LogP contribution in [-0.2, 0) is 19.6 Å². The number of amides is 2. The van der Waals surface area contributed by atoms with Crippen LogP contribution >= 0.6 is 0 Å². The molecule has 2 N–H and O–H groups in total. The van der Waals surface area contributed by atoms with Crippen molar-refractivity contribution in [1.29, 1.82) is 0 Å². The lowest BCUT2D eigenvalue weighted by Crippen LogP contribution is -2.39. The minimum absolute atomic E-state index is 0.0696. The molecule has 38 heavy (non-hydrogen) atoms. The van der Waals surface area contributed by atoms with Gasteiger partial charge in [-0.05, 0) is 60.7 Å². The van der Waals surface area contributed by atoms with Gasteiger partial charge in [-0.25, -0.2) is 13.8 Å². The Morgan fingerprint density at radius 3 is 2.18 bits per heavy atom. The van der Waals surface area contributed by atoms with Crippen LogP contribution in [0.4, 0.5) is 11.4 Å². The van der Waals surface area contributed by atoms with Crippen LogP contribution in [0.15, 0.2) is 76.7 Å². The fourth-order valence-corrected chi connectivity index (χ4v) is 4.88. The number of carbonyl (C=O) groups is 2. The van der Waals surface area contributed by atoms with E-state index >= 15 is 0 Å². The quantitative estimate of drug-likeness (QED) is 0.282. The molecule has 0 saturated carbocycles. The van der Waals surface area contributed by atoms with E-state index in [0.717, 1.165) is 4.31 Å². The third-order valence-corrected chi connectivity index (χ3v) is 7.02. The Morgan fingerprint density at radius 1 is 0.921 bits per heavy atom. The summed E-state index contributed by atoms with van der Waals surface area (Å²) < 4.78 is 43.8. The molecule has 0 heterocycles. The summed E-state index contributed by atoms with van der Waals surface area (Å²) in [6.45, 7) is 0.788. The monoisotopic (exact) mass is 540 g/mol. The first-order valence-electron chi connectivity index (χ1n) is 11.3. The average molecular weight is 541 g/mol. The number of nitrogens with one attached hydrogen (secondary N) is 2. The number of methoxy groups -OCH3 is 3. The molecule has 0 atom stereocenters. The van der Waals surface area contributed by atoms with Gasteiger partial charge < -0.3 is 19.5 Å². The summed E-state index contributed by atoms with van der Waals surface area (Å²) in [6, 6.07) is 17.0. The van der Waals surface area contributed by atoms with E-state index in [0.29, 0.717) is 28.5 Å². The number of sulfonamides is 1. The van der Waals surface area contributed by atoms with E-state index in [2.05, 4.69) is 15.8 Å². The number of hydrogen-bond donors (Lipinski definition) is 2. The zero-order valence-corrected chi connectivity index (χ0v) is 22.1. The minimum Gasteiger partial charge on any atom is -0.497 e. The predicted octanol–water partition coefficient (Wildman–Crippen LogP) is 3.02. The maximum atomic E-state index is 13.6. The molecule has 0 saturated heterocycles. The molecule has 0 aliphatic rings. The van der Waals surface area contributed by atoms with Gasteiger partial charge in [0.05, 0.1) is 38.1 Å². The van der Waals surface area contributed by atoms with E-state index in [-0.39, 0.29) is 16.5 Å². The maximum Gasteiger partial charge on any atom is 0.264 e. The Bertz CT molecular complexity index is 1410. The van der Waals surface area contributed by atoms with Crippen molar-refractivity contribution in [1.82, 2.24) is 5.43 Å². The van der Waals surface area contributed by atoms with Gasteiger partial charge in [0.1, 0.15) is 12.3 Å². The highest BCUT2D eigenvalue weighted by Gasteiger charge is 2.27. The number of carbonyl (C=O) groups excluding carboxylic acids is 2. The van der Waals surface area contributed by atoms with E-state index in [1.165, 1.54) is 70.9 Å². The molecule has 0 spiro atoms. The van der Waals surface area contributed by atoms with Gasteiger partial charge >= 0.3 is 0 Å². The van der Waals surface area contributed by atoms with Crippen LogP contribution in [0.1, 0.15) is 12.5 Å². The van der Waals surface area contributed by atoms with Gasteiger partial charge in [-0.3, -0.25) is 13.9 Å². The fraction of sp³-hybridized carbons (Fsp3) is 0.192. The molecule has 11 nitrogen and oxygen atoms in total. The lowest BCUT2D eigenvalue weighted by atomic mass is 10.2. The normalized spacial score (nSPS) is 11.1. The molecule has 0 radical (unpaired) electrons. The molecular weight excluding hydrogens is 512 g/mol. The summed E-state index contributed by atoms with van der Waals surface area (Å²) >= 11 is 0. The molecule has 2 amide bonds. The molecule has 0 aliphatic heterocycles. The van der Waals surface area contributed by atoms with Crippen molar-refractivity contribution < 1.29 is 32.2 Å². The van der Waals surface area contributed by atoms with Gasteiger partial charge in [0.15, 0.2) is 11.5 Å². The number of hydrazone groups is 1. The van der Waals surface area contributed by atoms with Gasteiger partial charge in [0.2, 0.25) is 5.91 Å². The second kappa shape index (κ2) is 12.6. The van der Waals surface area contributed by atoms with Crippen molar-refractivity contribution in [2.45, 2.75) is 11.8 Å². The largest absolute Gasteiger partial charge is 0.497 e. The molecule has 3 aromatic rings. The van der Waals surface area contributed by atoms with Crippen molar-refractivity contribution in [2.24, 2.45) is 5.10 Å². The molecule has 0 bridgehead atoms. The zero-order valence-electron chi connectivity index (χ0n) is 21.3. The topological polar surface area (TPSA) is 136 Å². The molecule has 3 aromatic carbocycles. The first-order valence-corrected chi connectivity index (χ1v) is 12.7. The molecule has 0 fully saturated rings. The van der Waals surface area contributed by atoms with Crippen LogP contribution in [0.3, 0.4) is 0 Å². The van der Waals surface area contributed by atoms with Gasteiger partial charge in [-0.15, -0.1) is 0 Å². The summed E-state index contributed by atoms with van der Waals surface area (Å²) in [4.78, 5) is 24.0. The number of hydrogen-bond acceptors (Lipinski definition) is 8. The third-order valence-electron chi connectivity index (χ3n) is 5.24. The summed E-state index contributed by atoms with van der Waals surface area (Å²) in [7, 11) is 0.291. The molecule has 0 aromatic heterocycles. The van der Waals surface area contributed by atoms with Gasteiger partial charge in [-0.1, -0.05) is 6.07 Å². The molecule has 0 unspecified atom stereocenters. The summed E-state index contributed by atoms with van der Waals surface area (Å²) in [5, 5.41) is 6.53. The molecule has 0 aliphatic carbocycles. The maximum absolute atomic E-state index is 13.6. The highest BCUT2D eigenvalue weighted by Crippen LogP contribution is 2.29. The lowest BCUT2D eigenvalue weighted by Gasteiger charge is -2.24. The second-order valence-electron chi connectivity index (χ2n) is 7.79. The van der Waals surface area contributed by atoms with Crippen LogP contribution in [0, 0.1) is 0 Å². The van der Waals surface area contributed by atoms with E-state index in [1.807, 2.05) is 0 Å². The van der Waals surface area contributed by atoms with Crippen molar-refractivity contribution >= 4 is 39.4 Å². The summed E-state index contributed by atoms with van der Waals surface area (Å²) in [5.74, 6) is 0.468. The summed E-state index contributed by atoms with van der Waals surface area (Å²) in [5.41, 5.74) is 3.58. The Balaban J connectivity index is 1.86. The summed E-state index contributed by atoms with van der Waals surface area (Å²) in [6.07, 6.45) is 1.37. The fourth-order valence-electron chi connectivity index (χ4n) is 3.46. The van der Waals surface area contributed by atoms with Crippen molar-refractivity contribution in [3.05, 3.63) is 72.3 Å². The highest BCUT2D eigenvalue weighted by molar-refractivity contribution is 7.92. The standard InChI is InChI=1S/C26H28N4O7S/c1-18(31)28-20-8-14-23(15-9-20)38(33,34)30(21-10-12-22(35-2)13-11-21)17-25(32)29-27-16-19-6-5-7-24(36-3)26(19)37-4/h5-16H,17H2,1-4H3,(H,28,31)(H,29,32)/b27-16-. The lowest BCUT2D eigenvalue weighted by molar-refractivity contribution is -0.119. The average Bonchev–Trinajstić information content (AvgIpc) is 2.91. The number of rotatable bonds is 11. The molecule has 200 valence electrons. The zero-order chi connectivity index (χ0) is 27.7. The number of benzene rings is 3. The smallest absolute Gasteiger partial charge is 0.264 e. The number of nitrogens with zero attached hydrogens (tertiary/aromatic N) is 2. The Labute approximate surface area is 221 Å². The highest BCUT2D eigenvalue weighted by atomic mass is 32.2. The Hall–Kier alpha value is -4.58. The van der Waals surface area contributed by atoms with Crippen LogP contribution < -0.4 is 29.3 Å². The van der Waals surface area contributed by atoms with Gasteiger partial charge in [0, 0.05) is 18.2 Å². The Kier molecular flexibility index (Phi) is 9.28. The number of anilines is 2. The third kappa shape index (κ3) is 6.79. The van der Waals surface area contributed by atoms with Crippen molar-refractivity contribution in [3.8, 4) is 17.2 Å². The van der Waals surface area contributed by atoms with E-state index in [9.17, 15) is 18.0 Å². The minimum atomic E-state index is -4.18. The molecule has 3 rings (SSSR count). The van der Waals surface area contributed by atoms with Crippen LogP contribution in [-0.4, -0.2) is 54.3 Å². The van der Waals surface area contributed by atoms with Crippen molar-refractivity contribution in [3.63, 3.8) is 0 Å². The van der Waals surface area contributed by atoms with Crippen LogP contribution in [0.5, 0.6) is 17.2 Å². The SMILES string of the molecule is COc1ccc(N(CC(=O)N/N=C\c2cccc(OC)c2OC)S(=O)(=O)c2ccc(NC(C)=O)cc2)cc1. The first-order chi connectivity index (χ1) is 18.2. The van der Waals surface area contributed by atoms with E-state index in [4.69, 9.17) is 14.2 Å². The number of para-hydroxylation sites is 1.